The van der Waals surface area contributed by atoms with Gasteiger partial charge in [0.25, 0.3) is 5.91 Å². The summed E-state index contributed by atoms with van der Waals surface area (Å²) in [6, 6.07) is 7.47. The minimum Gasteiger partial charge on any atom is -0.454 e. The lowest BCUT2D eigenvalue weighted by atomic mass is 10.1. The molecule has 0 radical (unpaired) electrons. The minimum atomic E-state index is -0.561. The van der Waals surface area contributed by atoms with Crippen molar-refractivity contribution in [3.63, 3.8) is 0 Å². The number of methoxy groups -OCH3 is 1. The summed E-state index contributed by atoms with van der Waals surface area (Å²) >= 11 is 3.34. The summed E-state index contributed by atoms with van der Waals surface area (Å²) in [5, 5.41) is 2.74. The van der Waals surface area contributed by atoms with Gasteiger partial charge in [-0.1, -0.05) is 28.1 Å². The van der Waals surface area contributed by atoms with Gasteiger partial charge in [0.2, 0.25) is 0 Å². The number of esters is 1. The number of carbonyl (C=O) groups excluding carboxylic acids is 2. The molecule has 0 bridgehead atoms. The number of hydrogen-bond donors (Lipinski definition) is 1. The molecular weight excluding hydrogens is 314 g/mol. The number of halogens is 1. The van der Waals surface area contributed by atoms with E-state index in [2.05, 4.69) is 26.0 Å². The van der Waals surface area contributed by atoms with Crippen LogP contribution in [0, 0.1) is 0 Å². The molecule has 0 fully saturated rings. The van der Waals surface area contributed by atoms with Crippen LogP contribution in [-0.2, 0) is 19.1 Å². The van der Waals surface area contributed by atoms with Crippen LogP contribution in [0.25, 0.3) is 0 Å². The Morgan fingerprint density at radius 1 is 1.26 bits per heavy atom. The van der Waals surface area contributed by atoms with Crippen LogP contribution < -0.4 is 5.32 Å². The van der Waals surface area contributed by atoms with E-state index in [-0.39, 0.29) is 25.2 Å². The molecule has 6 heteroatoms. The molecule has 1 N–H and O–H groups in total. The number of carbonyl (C=O) groups is 2. The van der Waals surface area contributed by atoms with Gasteiger partial charge in [-0.25, -0.2) is 4.79 Å². The van der Waals surface area contributed by atoms with Crippen molar-refractivity contribution in [1.29, 1.82) is 0 Å². The quantitative estimate of drug-likeness (QED) is 0.808. The standard InChI is InChI=1S/C13H16BrNO4/c1-9(10-3-5-11(14)6-4-10)15-12(16)7-19-13(17)8-18-2/h3-6,9H,7-8H2,1-2H3,(H,15,16)/t9-/m0/s1. The second-order valence-corrected chi connectivity index (χ2v) is 4.85. The fourth-order valence-corrected chi connectivity index (χ4v) is 1.69. The molecule has 19 heavy (non-hydrogen) atoms. The highest BCUT2D eigenvalue weighted by atomic mass is 79.9. The molecule has 0 aliphatic rings. The average Bonchev–Trinajstić information content (AvgIpc) is 2.37. The van der Waals surface area contributed by atoms with Gasteiger partial charge in [0, 0.05) is 11.6 Å². The van der Waals surface area contributed by atoms with Gasteiger partial charge in [-0.05, 0) is 24.6 Å². The van der Waals surface area contributed by atoms with Crippen LogP contribution in [-0.4, -0.2) is 32.2 Å². The number of rotatable bonds is 6. The van der Waals surface area contributed by atoms with Gasteiger partial charge in [-0.15, -0.1) is 0 Å². The van der Waals surface area contributed by atoms with E-state index in [0.717, 1.165) is 10.0 Å². The van der Waals surface area contributed by atoms with Crippen molar-refractivity contribution in [1.82, 2.24) is 5.32 Å². The second-order valence-electron chi connectivity index (χ2n) is 3.93. The van der Waals surface area contributed by atoms with Gasteiger partial charge in [0.05, 0.1) is 6.04 Å². The van der Waals surface area contributed by atoms with E-state index >= 15 is 0 Å². The van der Waals surface area contributed by atoms with Gasteiger partial charge >= 0.3 is 5.97 Å². The highest BCUT2D eigenvalue weighted by molar-refractivity contribution is 9.10. The summed E-state index contributed by atoms with van der Waals surface area (Å²) in [7, 11) is 1.39. The lowest BCUT2D eigenvalue weighted by molar-refractivity contribution is -0.152. The summed E-state index contributed by atoms with van der Waals surface area (Å²) in [6.07, 6.45) is 0. The molecule has 104 valence electrons. The Labute approximate surface area is 120 Å². The molecule has 0 spiro atoms. The Kier molecular flexibility index (Phi) is 6.52. The molecule has 1 rings (SSSR count). The first-order chi connectivity index (χ1) is 9.02. The number of hydrogen-bond acceptors (Lipinski definition) is 4. The smallest absolute Gasteiger partial charge is 0.332 e. The summed E-state index contributed by atoms with van der Waals surface area (Å²) < 4.78 is 10.3. The monoisotopic (exact) mass is 329 g/mol. The SMILES string of the molecule is COCC(=O)OCC(=O)N[C@@H](C)c1ccc(Br)cc1. The second kappa shape index (κ2) is 7.91. The Bertz CT molecular complexity index is 433. The maximum Gasteiger partial charge on any atom is 0.332 e. The van der Waals surface area contributed by atoms with Crippen molar-refractivity contribution in [2.24, 2.45) is 0 Å². The molecule has 0 saturated heterocycles. The Balaban J connectivity index is 2.39. The average molecular weight is 330 g/mol. The van der Waals surface area contributed by atoms with Crippen molar-refractivity contribution in [2.75, 3.05) is 20.3 Å². The van der Waals surface area contributed by atoms with E-state index in [1.54, 1.807) is 0 Å². The fraction of sp³-hybridized carbons (Fsp3) is 0.385. The molecule has 1 aromatic carbocycles. The van der Waals surface area contributed by atoms with Crippen LogP contribution in [0.15, 0.2) is 28.7 Å². The third kappa shape index (κ3) is 5.85. The number of nitrogens with one attached hydrogen (secondary N) is 1. The van der Waals surface area contributed by atoms with Gasteiger partial charge in [-0.2, -0.15) is 0 Å². The van der Waals surface area contributed by atoms with Gasteiger partial charge < -0.3 is 14.8 Å². The van der Waals surface area contributed by atoms with Crippen LogP contribution in [0.5, 0.6) is 0 Å². The number of ether oxygens (including phenoxy) is 2. The largest absolute Gasteiger partial charge is 0.454 e. The molecule has 0 aliphatic heterocycles. The number of benzene rings is 1. The lowest BCUT2D eigenvalue weighted by Gasteiger charge is -2.14. The maximum absolute atomic E-state index is 11.6. The lowest BCUT2D eigenvalue weighted by Crippen LogP contribution is -2.31. The molecule has 1 amide bonds. The van der Waals surface area contributed by atoms with Crippen molar-refractivity contribution >= 4 is 27.8 Å². The topological polar surface area (TPSA) is 64.6 Å². The first-order valence-electron chi connectivity index (χ1n) is 5.72. The molecule has 0 saturated carbocycles. The van der Waals surface area contributed by atoms with Crippen molar-refractivity contribution < 1.29 is 19.1 Å². The predicted molar refractivity (Wildman–Crippen MR) is 73.5 cm³/mol. The number of amides is 1. The van der Waals surface area contributed by atoms with E-state index < -0.39 is 5.97 Å². The zero-order valence-corrected chi connectivity index (χ0v) is 12.4. The van der Waals surface area contributed by atoms with Gasteiger partial charge in [0.1, 0.15) is 6.61 Å². The first kappa shape index (κ1) is 15.7. The molecule has 1 atom stereocenters. The zero-order chi connectivity index (χ0) is 14.3. The molecule has 5 nitrogen and oxygen atoms in total. The third-order valence-corrected chi connectivity index (χ3v) is 2.90. The van der Waals surface area contributed by atoms with Crippen LogP contribution in [0.3, 0.4) is 0 Å². The maximum atomic E-state index is 11.6. The first-order valence-corrected chi connectivity index (χ1v) is 6.51. The van der Waals surface area contributed by atoms with Crippen LogP contribution in [0.1, 0.15) is 18.5 Å². The highest BCUT2D eigenvalue weighted by Crippen LogP contribution is 2.16. The molecule has 0 aromatic heterocycles. The van der Waals surface area contributed by atoms with Crippen LogP contribution in [0.4, 0.5) is 0 Å². The molecule has 0 unspecified atom stereocenters. The summed E-state index contributed by atoms with van der Waals surface area (Å²) in [5.74, 6) is -0.909. The Hall–Kier alpha value is -1.40. The molecular formula is C13H16BrNO4. The zero-order valence-electron chi connectivity index (χ0n) is 10.8. The van der Waals surface area contributed by atoms with E-state index in [9.17, 15) is 9.59 Å². The fourth-order valence-electron chi connectivity index (χ4n) is 1.42. The summed E-state index contributed by atoms with van der Waals surface area (Å²) in [6.45, 7) is 1.40. The van der Waals surface area contributed by atoms with Gasteiger partial charge in [0.15, 0.2) is 6.61 Å². The Morgan fingerprint density at radius 3 is 2.47 bits per heavy atom. The van der Waals surface area contributed by atoms with E-state index in [1.807, 2.05) is 31.2 Å². The van der Waals surface area contributed by atoms with E-state index in [1.165, 1.54) is 7.11 Å². The van der Waals surface area contributed by atoms with Crippen molar-refractivity contribution in [2.45, 2.75) is 13.0 Å². The van der Waals surface area contributed by atoms with Gasteiger partial charge in [-0.3, -0.25) is 4.79 Å². The van der Waals surface area contributed by atoms with E-state index in [4.69, 9.17) is 4.74 Å². The Morgan fingerprint density at radius 2 is 1.89 bits per heavy atom. The minimum absolute atomic E-state index is 0.151. The molecule has 0 aliphatic carbocycles. The summed E-state index contributed by atoms with van der Waals surface area (Å²) in [4.78, 5) is 22.6. The van der Waals surface area contributed by atoms with Crippen LogP contribution >= 0.6 is 15.9 Å². The highest BCUT2D eigenvalue weighted by Gasteiger charge is 2.11. The van der Waals surface area contributed by atoms with Crippen molar-refractivity contribution in [3.05, 3.63) is 34.3 Å². The summed E-state index contributed by atoms with van der Waals surface area (Å²) in [5.41, 5.74) is 0.972. The van der Waals surface area contributed by atoms with Crippen molar-refractivity contribution in [3.8, 4) is 0 Å². The normalized spacial score (nSPS) is 11.7. The van der Waals surface area contributed by atoms with E-state index in [0.29, 0.717) is 0 Å². The third-order valence-electron chi connectivity index (χ3n) is 2.37. The van der Waals surface area contributed by atoms with Crippen LogP contribution in [0.2, 0.25) is 0 Å². The molecule has 1 aromatic rings. The molecule has 0 heterocycles. The predicted octanol–water partition coefficient (Wildman–Crippen LogP) is 1.82.